The van der Waals surface area contributed by atoms with Gasteiger partial charge in [-0.2, -0.15) is 18.4 Å². The minimum atomic E-state index is -4.69. The monoisotopic (exact) mass is 271 g/mol. The van der Waals surface area contributed by atoms with E-state index < -0.39 is 22.9 Å². The summed E-state index contributed by atoms with van der Waals surface area (Å²) in [6.07, 6.45) is -3.04. The summed E-state index contributed by atoms with van der Waals surface area (Å²) < 4.78 is 43.4. The maximum absolute atomic E-state index is 12.9. The van der Waals surface area contributed by atoms with Crippen LogP contribution in [0.4, 0.5) is 13.2 Å². The lowest BCUT2D eigenvalue weighted by molar-refractivity contribution is -0.139. The van der Waals surface area contributed by atoms with E-state index in [1.165, 1.54) is 13.2 Å². The van der Waals surface area contributed by atoms with Crippen molar-refractivity contribution in [2.24, 2.45) is 0 Å². The highest BCUT2D eigenvalue weighted by molar-refractivity contribution is 5.54. The van der Waals surface area contributed by atoms with E-state index in [4.69, 9.17) is 4.74 Å². The first-order valence-corrected chi connectivity index (χ1v) is 5.74. The van der Waals surface area contributed by atoms with Gasteiger partial charge in [-0.3, -0.25) is 0 Å². The first-order valence-electron chi connectivity index (χ1n) is 5.74. The zero-order valence-electron chi connectivity index (χ0n) is 10.2. The number of benzene rings is 1. The van der Waals surface area contributed by atoms with Crippen LogP contribution in [0.15, 0.2) is 12.1 Å². The maximum atomic E-state index is 12.9. The summed E-state index contributed by atoms with van der Waals surface area (Å²) in [4.78, 5) is 0. The Morgan fingerprint density at radius 2 is 2.00 bits per heavy atom. The standard InChI is InChI=1S/C13H12F3NO2/c1-19-8-5-9(12(7-17)3-2-4-12)11(18)10(6-8)13(14,15)16/h5-6,18H,2-4H2,1H3. The average molecular weight is 271 g/mol. The largest absolute Gasteiger partial charge is 0.507 e. The third-order valence-electron chi connectivity index (χ3n) is 3.56. The van der Waals surface area contributed by atoms with Crippen LogP contribution < -0.4 is 4.74 Å². The normalized spacial score (nSPS) is 17.4. The smallest absolute Gasteiger partial charge is 0.420 e. The summed E-state index contributed by atoms with van der Waals surface area (Å²) in [5.74, 6) is -0.879. The van der Waals surface area contributed by atoms with Crippen LogP contribution in [-0.4, -0.2) is 12.2 Å². The fourth-order valence-corrected chi connectivity index (χ4v) is 2.28. The number of ether oxygens (including phenoxy) is 1. The van der Waals surface area contributed by atoms with E-state index in [1.807, 2.05) is 6.07 Å². The highest BCUT2D eigenvalue weighted by atomic mass is 19.4. The molecule has 2 rings (SSSR count). The minimum Gasteiger partial charge on any atom is -0.507 e. The van der Waals surface area contributed by atoms with Gasteiger partial charge in [0.1, 0.15) is 17.1 Å². The summed E-state index contributed by atoms with van der Waals surface area (Å²) in [7, 11) is 1.25. The van der Waals surface area contributed by atoms with Crippen LogP contribution in [0.5, 0.6) is 11.5 Å². The van der Waals surface area contributed by atoms with E-state index >= 15 is 0 Å². The van der Waals surface area contributed by atoms with Crippen LogP contribution in [-0.2, 0) is 11.6 Å². The van der Waals surface area contributed by atoms with Gasteiger partial charge >= 0.3 is 6.18 Å². The van der Waals surface area contributed by atoms with Crippen molar-refractivity contribution in [1.82, 2.24) is 0 Å². The van der Waals surface area contributed by atoms with Gasteiger partial charge in [0.15, 0.2) is 0 Å². The minimum absolute atomic E-state index is 0.00734. The molecule has 0 saturated heterocycles. The second-order valence-corrected chi connectivity index (χ2v) is 4.62. The summed E-state index contributed by atoms with van der Waals surface area (Å²) in [5, 5.41) is 19.0. The number of halogens is 3. The van der Waals surface area contributed by atoms with E-state index in [-0.39, 0.29) is 11.3 Å². The van der Waals surface area contributed by atoms with Gasteiger partial charge in [0, 0.05) is 5.56 Å². The molecule has 1 aliphatic carbocycles. The van der Waals surface area contributed by atoms with Crippen molar-refractivity contribution in [2.45, 2.75) is 30.9 Å². The fourth-order valence-electron chi connectivity index (χ4n) is 2.28. The van der Waals surface area contributed by atoms with Crippen LogP contribution in [0.3, 0.4) is 0 Å². The number of nitrogens with zero attached hydrogens (tertiary/aromatic N) is 1. The number of alkyl halides is 3. The van der Waals surface area contributed by atoms with Crippen LogP contribution in [0, 0.1) is 11.3 Å². The number of phenols is 1. The third kappa shape index (κ3) is 2.09. The second kappa shape index (κ2) is 4.34. The number of aromatic hydroxyl groups is 1. The van der Waals surface area contributed by atoms with Crippen molar-refractivity contribution in [3.63, 3.8) is 0 Å². The topological polar surface area (TPSA) is 53.2 Å². The Bertz CT molecular complexity index is 542. The molecule has 0 atom stereocenters. The molecule has 1 aromatic carbocycles. The van der Waals surface area contributed by atoms with Gasteiger partial charge in [-0.1, -0.05) is 0 Å². The van der Waals surface area contributed by atoms with Crippen LogP contribution in [0.2, 0.25) is 0 Å². The number of phenolic OH excluding ortho intramolecular Hbond substituents is 1. The van der Waals surface area contributed by atoms with Crippen molar-refractivity contribution >= 4 is 0 Å². The molecule has 1 N–H and O–H groups in total. The predicted molar refractivity (Wildman–Crippen MR) is 60.8 cm³/mol. The number of hydrogen-bond acceptors (Lipinski definition) is 3. The summed E-state index contributed by atoms with van der Waals surface area (Å²) in [6.45, 7) is 0. The van der Waals surface area contributed by atoms with Gasteiger partial charge in [-0.05, 0) is 31.4 Å². The molecule has 1 fully saturated rings. The van der Waals surface area contributed by atoms with E-state index in [0.29, 0.717) is 12.8 Å². The molecule has 3 nitrogen and oxygen atoms in total. The molecule has 0 spiro atoms. The molecule has 0 heterocycles. The van der Waals surface area contributed by atoms with Crippen LogP contribution in [0.1, 0.15) is 30.4 Å². The Morgan fingerprint density at radius 1 is 1.37 bits per heavy atom. The summed E-state index contributed by atoms with van der Waals surface area (Å²) >= 11 is 0. The highest BCUT2D eigenvalue weighted by Gasteiger charge is 2.44. The van der Waals surface area contributed by atoms with Crippen molar-refractivity contribution in [2.75, 3.05) is 7.11 Å². The van der Waals surface area contributed by atoms with Crippen LogP contribution >= 0.6 is 0 Å². The Balaban J connectivity index is 2.65. The first-order chi connectivity index (χ1) is 8.84. The molecule has 1 aliphatic rings. The second-order valence-electron chi connectivity index (χ2n) is 4.62. The summed E-state index contributed by atoms with van der Waals surface area (Å²) in [6, 6.07) is 4.07. The number of hydrogen-bond donors (Lipinski definition) is 1. The quantitative estimate of drug-likeness (QED) is 0.897. The van der Waals surface area contributed by atoms with Gasteiger partial charge in [0.25, 0.3) is 0 Å². The molecule has 0 unspecified atom stereocenters. The fraction of sp³-hybridized carbons (Fsp3) is 0.462. The van der Waals surface area contributed by atoms with E-state index in [0.717, 1.165) is 12.5 Å². The van der Waals surface area contributed by atoms with Gasteiger partial charge in [-0.25, -0.2) is 0 Å². The lowest BCUT2D eigenvalue weighted by Gasteiger charge is -2.36. The molecule has 0 amide bonds. The third-order valence-corrected chi connectivity index (χ3v) is 3.56. The zero-order valence-corrected chi connectivity index (χ0v) is 10.2. The van der Waals surface area contributed by atoms with Gasteiger partial charge in [0.2, 0.25) is 0 Å². The van der Waals surface area contributed by atoms with Crippen LogP contribution in [0.25, 0.3) is 0 Å². The molecule has 0 aliphatic heterocycles. The lowest BCUT2D eigenvalue weighted by Crippen LogP contribution is -2.32. The molecule has 0 aromatic heterocycles. The molecule has 1 aromatic rings. The molecular formula is C13H12F3NO2. The maximum Gasteiger partial charge on any atom is 0.420 e. The number of rotatable bonds is 2. The Morgan fingerprint density at radius 3 is 2.37 bits per heavy atom. The molecule has 0 bridgehead atoms. The zero-order chi connectivity index (χ0) is 14.3. The SMILES string of the molecule is COc1cc(C(F)(F)F)c(O)c(C2(C#N)CCC2)c1. The molecule has 19 heavy (non-hydrogen) atoms. The predicted octanol–water partition coefficient (Wildman–Crippen LogP) is 3.36. The van der Waals surface area contributed by atoms with Crippen molar-refractivity contribution in [1.29, 1.82) is 5.26 Å². The van der Waals surface area contributed by atoms with Gasteiger partial charge in [0.05, 0.1) is 18.6 Å². The lowest BCUT2D eigenvalue weighted by atomic mass is 9.65. The Kier molecular flexibility index (Phi) is 3.09. The number of nitriles is 1. The Hall–Kier alpha value is -1.90. The first kappa shape index (κ1) is 13.5. The van der Waals surface area contributed by atoms with E-state index in [1.54, 1.807) is 0 Å². The van der Waals surface area contributed by atoms with Crippen molar-refractivity contribution in [3.05, 3.63) is 23.3 Å². The Labute approximate surface area is 108 Å². The van der Waals surface area contributed by atoms with Gasteiger partial charge < -0.3 is 9.84 Å². The van der Waals surface area contributed by atoms with Gasteiger partial charge in [-0.15, -0.1) is 0 Å². The molecular weight excluding hydrogens is 259 g/mol. The summed E-state index contributed by atoms with van der Waals surface area (Å²) in [5.41, 5.74) is -2.19. The molecule has 1 saturated carbocycles. The molecule has 6 heteroatoms. The van der Waals surface area contributed by atoms with Crippen molar-refractivity contribution < 1.29 is 23.0 Å². The molecule has 102 valence electrons. The van der Waals surface area contributed by atoms with E-state index in [9.17, 15) is 23.5 Å². The van der Waals surface area contributed by atoms with E-state index in [2.05, 4.69) is 0 Å². The average Bonchev–Trinajstić information content (AvgIpc) is 2.29. The number of methoxy groups -OCH3 is 1. The molecule has 0 radical (unpaired) electrons. The van der Waals surface area contributed by atoms with Crippen molar-refractivity contribution in [3.8, 4) is 17.6 Å². The highest BCUT2D eigenvalue weighted by Crippen LogP contribution is 2.50.